The van der Waals surface area contributed by atoms with Crippen LogP contribution in [-0.2, 0) is 9.53 Å². The fourth-order valence-electron chi connectivity index (χ4n) is 3.72. The van der Waals surface area contributed by atoms with Gasteiger partial charge in [0.15, 0.2) is 5.82 Å². The minimum atomic E-state index is -0.144. The second-order valence-corrected chi connectivity index (χ2v) is 6.71. The molecule has 0 saturated carbocycles. The predicted octanol–water partition coefficient (Wildman–Crippen LogP) is 2.48. The van der Waals surface area contributed by atoms with E-state index in [9.17, 15) is 4.79 Å². The van der Waals surface area contributed by atoms with E-state index in [1.807, 2.05) is 6.92 Å². The smallest absolute Gasteiger partial charge is 0.320 e. The van der Waals surface area contributed by atoms with Gasteiger partial charge in [-0.1, -0.05) is 12.1 Å². The van der Waals surface area contributed by atoms with Crippen molar-refractivity contribution >= 4 is 28.3 Å². The fraction of sp³-hybridized carbons (Fsp3) is 0.400. The zero-order chi connectivity index (χ0) is 18.1. The highest BCUT2D eigenvalue weighted by atomic mass is 16.5. The quantitative estimate of drug-likeness (QED) is 0.675. The highest BCUT2D eigenvalue weighted by Crippen LogP contribution is 2.27. The first-order chi connectivity index (χ1) is 12.7. The molecule has 136 valence electrons. The normalized spacial score (nSPS) is 15.7. The first-order valence-electron chi connectivity index (χ1n) is 9.16. The fourth-order valence-corrected chi connectivity index (χ4v) is 3.72. The number of hydrogen-bond acceptors (Lipinski definition) is 5. The van der Waals surface area contributed by atoms with Crippen molar-refractivity contribution in [2.75, 3.05) is 44.2 Å². The summed E-state index contributed by atoms with van der Waals surface area (Å²) in [5, 5.41) is 0. The van der Waals surface area contributed by atoms with Crippen LogP contribution in [0.15, 0.2) is 36.5 Å². The summed E-state index contributed by atoms with van der Waals surface area (Å²) in [5.41, 5.74) is 4.53. The highest BCUT2D eigenvalue weighted by Gasteiger charge is 2.22. The number of hydrogen-bond donors (Lipinski definition) is 0. The first-order valence-corrected chi connectivity index (χ1v) is 9.16. The van der Waals surface area contributed by atoms with Gasteiger partial charge in [-0.25, -0.2) is 4.98 Å². The van der Waals surface area contributed by atoms with E-state index >= 15 is 0 Å². The third kappa shape index (κ3) is 3.01. The van der Waals surface area contributed by atoms with E-state index in [2.05, 4.69) is 57.7 Å². The van der Waals surface area contributed by atoms with Crippen molar-refractivity contribution in [3.8, 4) is 0 Å². The third-order valence-corrected chi connectivity index (χ3v) is 4.99. The van der Waals surface area contributed by atoms with Crippen molar-refractivity contribution < 1.29 is 9.53 Å². The molecule has 1 fully saturated rings. The summed E-state index contributed by atoms with van der Waals surface area (Å²) in [6.45, 7) is 8.13. The molecule has 1 aliphatic heterocycles. The van der Waals surface area contributed by atoms with Crippen molar-refractivity contribution in [2.45, 2.75) is 13.8 Å². The van der Waals surface area contributed by atoms with Gasteiger partial charge < -0.3 is 14.0 Å². The Morgan fingerprint density at radius 1 is 1.15 bits per heavy atom. The minimum Gasteiger partial charge on any atom is -0.465 e. The number of aromatic nitrogens is 2. The molecule has 3 aromatic rings. The molecule has 0 radical (unpaired) electrons. The van der Waals surface area contributed by atoms with Crippen LogP contribution in [0.25, 0.3) is 16.6 Å². The van der Waals surface area contributed by atoms with Gasteiger partial charge in [0.25, 0.3) is 0 Å². The van der Waals surface area contributed by atoms with Crippen LogP contribution in [-0.4, -0.2) is 59.6 Å². The van der Waals surface area contributed by atoms with Gasteiger partial charge in [-0.15, -0.1) is 0 Å². The largest absolute Gasteiger partial charge is 0.465 e. The summed E-state index contributed by atoms with van der Waals surface area (Å²) in [5.74, 6) is 0.873. The van der Waals surface area contributed by atoms with E-state index in [4.69, 9.17) is 9.72 Å². The lowest BCUT2D eigenvalue weighted by atomic mass is 10.2. The summed E-state index contributed by atoms with van der Waals surface area (Å²) < 4.78 is 7.29. The van der Waals surface area contributed by atoms with E-state index < -0.39 is 0 Å². The summed E-state index contributed by atoms with van der Waals surface area (Å²) in [7, 11) is 0. The number of ether oxygens (including phenoxy) is 1. The van der Waals surface area contributed by atoms with Crippen molar-refractivity contribution in [2.24, 2.45) is 0 Å². The van der Waals surface area contributed by atoms with Crippen LogP contribution >= 0.6 is 0 Å². The molecule has 0 spiro atoms. The van der Waals surface area contributed by atoms with Crippen molar-refractivity contribution in [3.63, 3.8) is 0 Å². The molecule has 6 heteroatoms. The van der Waals surface area contributed by atoms with Crippen LogP contribution in [0.3, 0.4) is 0 Å². The average Bonchev–Trinajstić information content (AvgIpc) is 3.11. The van der Waals surface area contributed by atoms with Crippen LogP contribution in [0, 0.1) is 6.92 Å². The van der Waals surface area contributed by atoms with Crippen LogP contribution in [0.5, 0.6) is 0 Å². The Hall–Kier alpha value is -2.60. The molecule has 0 N–H and O–H groups in total. The van der Waals surface area contributed by atoms with Crippen molar-refractivity contribution in [1.29, 1.82) is 0 Å². The average molecular weight is 352 g/mol. The summed E-state index contributed by atoms with van der Waals surface area (Å²) in [6.07, 6.45) is 2.10. The summed E-state index contributed by atoms with van der Waals surface area (Å²) >= 11 is 0. The maximum absolute atomic E-state index is 11.7. The molecule has 0 bridgehead atoms. The van der Waals surface area contributed by atoms with E-state index in [1.165, 1.54) is 5.56 Å². The number of rotatable bonds is 4. The number of para-hydroxylation sites is 1. The van der Waals surface area contributed by atoms with Crippen LogP contribution in [0.4, 0.5) is 5.82 Å². The van der Waals surface area contributed by atoms with E-state index in [0.29, 0.717) is 13.2 Å². The Balaban J connectivity index is 1.60. The lowest BCUT2D eigenvalue weighted by molar-refractivity contribution is -0.144. The van der Waals surface area contributed by atoms with Crippen LogP contribution in [0.2, 0.25) is 0 Å². The molecule has 2 aromatic heterocycles. The van der Waals surface area contributed by atoms with Gasteiger partial charge in [0.1, 0.15) is 0 Å². The first kappa shape index (κ1) is 16.8. The molecule has 6 nitrogen and oxygen atoms in total. The Labute approximate surface area is 153 Å². The monoisotopic (exact) mass is 352 g/mol. The second-order valence-electron chi connectivity index (χ2n) is 6.71. The Bertz CT molecular complexity index is 942. The molecule has 1 aromatic carbocycles. The van der Waals surface area contributed by atoms with Gasteiger partial charge >= 0.3 is 5.97 Å². The van der Waals surface area contributed by atoms with E-state index in [0.717, 1.165) is 48.5 Å². The van der Waals surface area contributed by atoms with Crippen LogP contribution in [0.1, 0.15) is 12.5 Å². The SMILES string of the molecule is CCOC(=O)CN1CCN(c2nc3cccc(C)c3n3cccc23)CC1. The Morgan fingerprint density at radius 2 is 1.96 bits per heavy atom. The molecule has 1 saturated heterocycles. The standard InChI is InChI=1S/C20H24N4O2/c1-3-26-18(25)14-22-10-12-23(13-11-22)20-17-8-5-9-24(17)19-15(2)6-4-7-16(19)21-20/h4-9H,3,10-14H2,1-2H3. The lowest BCUT2D eigenvalue weighted by Crippen LogP contribution is -2.48. The number of esters is 1. The number of anilines is 1. The summed E-state index contributed by atoms with van der Waals surface area (Å²) in [6, 6.07) is 10.4. The maximum atomic E-state index is 11.7. The zero-order valence-electron chi connectivity index (χ0n) is 15.3. The van der Waals surface area contributed by atoms with Crippen LogP contribution < -0.4 is 4.90 Å². The number of carbonyl (C=O) groups is 1. The van der Waals surface area contributed by atoms with Crippen molar-refractivity contribution in [3.05, 3.63) is 42.1 Å². The van der Waals surface area contributed by atoms with Gasteiger partial charge in [-0.3, -0.25) is 9.69 Å². The maximum Gasteiger partial charge on any atom is 0.320 e. The van der Waals surface area contributed by atoms with E-state index in [1.54, 1.807) is 0 Å². The Kier molecular flexibility index (Phi) is 4.51. The molecule has 0 unspecified atom stereocenters. The van der Waals surface area contributed by atoms with Gasteiger partial charge in [0.2, 0.25) is 0 Å². The van der Waals surface area contributed by atoms with Gasteiger partial charge in [-0.2, -0.15) is 0 Å². The zero-order valence-corrected chi connectivity index (χ0v) is 15.3. The van der Waals surface area contributed by atoms with Gasteiger partial charge in [-0.05, 0) is 37.6 Å². The molecule has 0 aliphatic carbocycles. The molecule has 26 heavy (non-hydrogen) atoms. The van der Waals surface area contributed by atoms with Crippen molar-refractivity contribution in [1.82, 2.24) is 14.3 Å². The topological polar surface area (TPSA) is 50.1 Å². The summed E-state index contributed by atoms with van der Waals surface area (Å²) in [4.78, 5) is 21.1. The Morgan fingerprint density at radius 3 is 2.73 bits per heavy atom. The number of nitrogens with zero attached hydrogens (tertiary/aromatic N) is 4. The molecule has 1 aliphatic rings. The molecule has 3 heterocycles. The number of carbonyl (C=O) groups excluding carboxylic acids is 1. The number of benzene rings is 1. The predicted molar refractivity (Wildman–Crippen MR) is 103 cm³/mol. The third-order valence-electron chi connectivity index (χ3n) is 4.99. The van der Waals surface area contributed by atoms with E-state index in [-0.39, 0.29) is 5.97 Å². The number of piperazine rings is 1. The van der Waals surface area contributed by atoms with Gasteiger partial charge in [0, 0.05) is 32.4 Å². The molecular weight excluding hydrogens is 328 g/mol. The number of aryl methyl sites for hydroxylation is 1. The second kappa shape index (κ2) is 6.96. The number of fused-ring (bicyclic) bond motifs is 3. The molecular formula is C20H24N4O2. The van der Waals surface area contributed by atoms with Gasteiger partial charge in [0.05, 0.1) is 29.7 Å². The minimum absolute atomic E-state index is 0.144. The lowest BCUT2D eigenvalue weighted by Gasteiger charge is -2.35. The molecule has 0 atom stereocenters. The molecule has 0 amide bonds. The highest BCUT2D eigenvalue weighted by molar-refractivity contribution is 5.87. The molecule has 4 rings (SSSR count).